The van der Waals surface area contributed by atoms with Gasteiger partial charge >= 0.3 is 0 Å². The lowest BCUT2D eigenvalue weighted by Gasteiger charge is -2.34. The van der Waals surface area contributed by atoms with Gasteiger partial charge in [0.05, 0.1) is 5.57 Å². The average molecular weight is 327 g/mol. The van der Waals surface area contributed by atoms with E-state index in [2.05, 4.69) is 16.8 Å². The number of amides is 2. The molecule has 1 aromatic carbocycles. The highest BCUT2D eigenvalue weighted by atomic mass is 16.2. The third kappa shape index (κ3) is 2.96. The molecule has 5 nitrogen and oxygen atoms in total. The maximum atomic E-state index is 12.9. The molecule has 0 saturated carbocycles. The summed E-state index contributed by atoms with van der Waals surface area (Å²) in [5, 5.41) is 0. The van der Waals surface area contributed by atoms with Crippen LogP contribution in [0.5, 0.6) is 0 Å². The molecule has 2 heterocycles. The molecule has 0 aliphatic carbocycles. The number of hydrogen-bond acceptors (Lipinski definition) is 4. The number of hydrogen-bond donors (Lipinski definition) is 0. The smallest absolute Gasteiger partial charge is 0.277 e. The summed E-state index contributed by atoms with van der Waals surface area (Å²) in [5.41, 5.74) is 3.14. The number of likely N-dealkylation sites (N-methyl/N-ethyl adjacent to an activating group) is 1. The Labute approximate surface area is 143 Å². The largest absolute Gasteiger partial charge is 0.364 e. The second kappa shape index (κ2) is 6.77. The highest BCUT2D eigenvalue weighted by Gasteiger charge is 2.41. The zero-order valence-corrected chi connectivity index (χ0v) is 14.7. The Kier molecular flexibility index (Phi) is 4.71. The molecule has 1 fully saturated rings. The van der Waals surface area contributed by atoms with Gasteiger partial charge in [-0.15, -0.1) is 0 Å². The van der Waals surface area contributed by atoms with Crippen LogP contribution >= 0.6 is 0 Å². The normalized spacial score (nSPS) is 19.6. The average Bonchev–Trinajstić information content (AvgIpc) is 2.82. The molecule has 0 bridgehead atoms. The van der Waals surface area contributed by atoms with E-state index in [0.29, 0.717) is 17.8 Å². The number of imide groups is 1. The van der Waals surface area contributed by atoms with Crippen LogP contribution in [-0.2, 0) is 9.59 Å². The summed E-state index contributed by atoms with van der Waals surface area (Å²) in [4.78, 5) is 31.6. The zero-order chi connectivity index (χ0) is 17.3. The maximum Gasteiger partial charge on any atom is 0.277 e. The van der Waals surface area contributed by atoms with E-state index in [1.807, 2.05) is 38.1 Å². The van der Waals surface area contributed by atoms with Crippen LogP contribution < -0.4 is 0 Å². The molecule has 0 radical (unpaired) electrons. The summed E-state index contributed by atoms with van der Waals surface area (Å²) in [7, 11) is 2.08. The fourth-order valence-electron chi connectivity index (χ4n) is 3.29. The minimum Gasteiger partial charge on any atom is -0.364 e. The molecular formula is C19H25N3O2. The monoisotopic (exact) mass is 327 g/mol. The van der Waals surface area contributed by atoms with Gasteiger partial charge in [0.1, 0.15) is 5.70 Å². The lowest BCUT2D eigenvalue weighted by molar-refractivity contribution is -0.137. The first-order valence-electron chi connectivity index (χ1n) is 8.64. The van der Waals surface area contributed by atoms with Crippen molar-refractivity contribution in [2.24, 2.45) is 0 Å². The summed E-state index contributed by atoms with van der Waals surface area (Å²) in [6.45, 7) is 7.84. The quantitative estimate of drug-likeness (QED) is 0.790. The number of carbonyl (C=O) groups is 2. The molecule has 2 aliphatic rings. The summed E-state index contributed by atoms with van der Waals surface area (Å²) in [5.74, 6) is -0.290. The topological polar surface area (TPSA) is 43.9 Å². The molecule has 0 N–H and O–H groups in total. The fourth-order valence-corrected chi connectivity index (χ4v) is 3.29. The van der Waals surface area contributed by atoms with Crippen molar-refractivity contribution in [1.82, 2.24) is 14.7 Å². The van der Waals surface area contributed by atoms with Crippen molar-refractivity contribution in [1.29, 1.82) is 0 Å². The number of rotatable bonds is 4. The minimum atomic E-state index is -0.153. The van der Waals surface area contributed by atoms with Crippen molar-refractivity contribution in [3.8, 4) is 0 Å². The van der Waals surface area contributed by atoms with E-state index < -0.39 is 0 Å². The highest BCUT2D eigenvalue weighted by Crippen LogP contribution is 2.32. The van der Waals surface area contributed by atoms with Gasteiger partial charge in [-0.1, -0.05) is 36.8 Å². The van der Waals surface area contributed by atoms with Gasteiger partial charge in [-0.2, -0.15) is 0 Å². The van der Waals surface area contributed by atoms with Crippen molar-refractivity contribution in [3.05, 3.63) is 41.1 Å². The van der Waals surface area contributed by atoms with Crippen LogP contribution in [-0.4, -0.2) is 66.3 Å². The van der Waals surface area contributed by atoms with Gasteiger partial charge in [-0.05, 0) is 26.0 Å². The van der Waals surface area contributed by atoms with E-state index in [1.165, 1.54) is 4.90 Å². The first-order valence-corrected chi connectivity index (χ1v) is 8.64. The van der Waals surface area contributed by atoms with Crippen LogP contribution in [0.2, 0.25) is 0 Å². The van der Waals surface area contributed by atoms with Gasteiger partial charge in [0.15, 0.2) is 0 Å². The lowest BCUT2D eigenvalue weighted by atomic mass is 10.0. The number of benzene rings is 1. The van der Waals surface area contributed by atoms with E-state index >= 15 is 0 Å². The zero-order valence-electron chi connectivity index (χ0n) is 14.7. The molecule has 2 amide bonds. The molecule has 0 atom stereocenters. The van der Waals surface area contributed by atoms with Crippen LogP contribution in [0.1, 0.15) is 24.5 Å². The Balaban J connectivity index is 2.03. The molecular weight excluding hydrogens is 302 g/mol. The lowest BCUT2D eigenvalue weighted by Crippen LogP contribution is -2.46. The van der Waals surface area contributed by atoms with Crippen LogP contribution in [0.15, 0.2) is 30.0 Å². The minimum absolute atomic E-state index is 0.137. The van der Waals surface area contributed by atoms with E-state index in [-0.39, 0.29) is 11.8 Å². The van der Waals surface area contributed by atoms with Gasteiger partial charge in [0.2, 0.25) is 0 Å². The van der Waals surface area contributed by atoms with E-state index in [1.54, 1.807) is 0 Å². The number of piperazine rings is 1. The van der Waals surface area contributed by atoms with E-state index in [9.17, 15) is 9.59 Å². The standard InChI is InChI=1S/C19H25N3O2/c1-4-9-22-18(23)16(15-7-5-14(2)6-8-15)17(19(22)24)21-12-10-20(3)11-13-21/h5-8H,4,9-13H2,1-3H3. The Bertz CT molecular complexity index is 670. The van der Waals surface area contributed by atoms with Crippen molar-refractivity contribution in [3.63, 3.8) is 0 Å². The molecule has 1 aromatic rings. The van der Waals surface area contributed by atoms with Crippen LogP contribution in [0.3, 0.4) is 0 Å². The van der Waals surface area contributed by atoms with Gasteiger partial charge < -0.3 is 9.80 Å². The molecule has 1 saturated heterocycles. The second-order valence-electron chi connectivity index (χ2n) is 6.64. The Morgan fingerprint density at radius 2 is 1.58 bits per heavy atom. The van der Waals surface area contributed by atoms with Crippen LogP contribution in [0, 0.1) is 6.92 Å². The summed E-state index contributed by atoms with van der Waals surface area (Å²) in [6.07, 6.45) is 0.772. The SMILES string of the molecule is CCCN1C(=O)C(c2ccc(C)cc2)=C(N2CCN(C)CC2)C1=O. The molecule has 128 valence electrons. The van der Waals surface area contributed by atoms with Crippen molar-refractivity contribution in [2.45, 2.75) is 20.3 Å². The van der Waals surface area contributed by atoms with Gasteiger partial charge in [-0.3, -0.25) is 14.5 Å². The first-order chi connectivity index (χ1) is 11.5. The predicted octanol–water partition coefficient (Wildman–Crippen LogP) is 1.73. The number of nitrogens with zero attached hydrogens (tertiary/aromatic N) is 3. The van der Waals surface area contributed by atoms with Crippen molar-refractivity contribution in [2.75, 3.05) is 39.8 Å². The van der Waals surface area contributed by atoms with Gasteiger partial charge in [0.25, 0.3) is 11.8 Å². The molecule has 5 heteroatoms. The molecule has 24 heavy (non-hydrogen) atoms. The van der Waals surface area contributed by atoms with Gasteiger partial charge in [0, 0.05) is 32.7 Å². The third-order valence-corrected chi connectivity index (χ3v) is 4.75. The molecule has 0 unspecified atom stereocenters. The van der Waals surface area contributed by atoms with Crippen LogP contribution in [0.4, 0.5) is 0 Å². The Morgan fingerprint density at radius 1 is 0.958 bits per heavy atom. The summed E-state index contributed by atoms with van der Waals surface area (Å²) < 4.78 is 0. The van der Waals surface area contributed by atoms with E-state index in [0.717, 1.165) is 43.7 Å². The summed E-state index contributed by atoms with van der Waals surface area (Å²) in [6, 6.07) is 7.87. The maximum absolute atomic E-state index is 12.9. The number of carbonyl (C=O) groups excluding carboxylic acids is 2. The predicted molar refractivity (Wildman–Crippen MR) is 94.2 cm³/mol. The molecule has 0 spiro atoms. The number of aryl methyl sites for hydroxylation is 1. The van der Waals surface area contributed by atoms with Crippen molar-refractivity contribution >= 4 is 17.4 Å². The third-order valence-electron chi connectivity index (χ3n) is 4.75. The Hall–Kier alpha value is -2.14. The molecule has 0 aromatic heterocycles. The summed E-state index contributed by atoms with van der Waals surface area (Å²) >= 11 is 0. The first kappa shape index (κ1) is 16.7. The van der Waals surface area contributed by atoms with Crippen molar-refractivity contribution < 1.29 is 9.59 Å². The van der Waals surface area contributed by atoms with Crippen LogP contribution in [0.25, 0.3) is 5.57 Å². The fraction of sp³-hybridized carbons (Fsp3) is 0.474. The second-order valence-corrected chi connectivity index (χ2v) is 6.64. The Morgan fingerprint density at radius 3 is 2.17 bits per heavy atom. The molecule has 2 aliphatic heterocycles. The highest BCUT2D eigenvalue weighted by molar-refractivity contribution is 6.35. The van der Waals surface area contributed by atoms with E-state index in [4.69, 9.17) is 0 Å². The van der Waals surface area contributed by atoms with Gasteiger partial charge in [-0.25, -0.2) is 0 Å². The molecule has 3 rings (SSSR count).